The number of likely N-dealkylation sites (N-methyl/N-ethyl adjacent to an activating group) is 1. The van der Waals surface area contributed by atoms with Gasteiger partial charge in [0.15, 0.2) is 0 Å². The lowest BCUT2D eigenvalue weighted by Crippen LogP contribution is -2.45. The van der Waals surface area contributed by atoms with Gasteiger partial charge in [0, 0.05) is 19.1 Å². The van der Waals surface area contributed by atoms with Crippen molar-refractivity contribution in [3.63, 3.8) is 0 Å². The molecule has 1 saturated heterocycles. The molecule has 4 nitrogen and oxygen atoms in total. The number of ether oxygens (including phenoxy) is 2. The van der Waals surface area contributed by atoms with E-state index in [2.05, 4.69) is 11.8 Å². The van der Waals surface area contributed by atoms with Crippen LogP contribution in [0.15, 0.2) is 0 Å². The third-order valence-electron chi connectivity index (χ3n) is 3.67. The number of hydrogen-bond acceptors (Lipinski definition) is 4. The van der Waals surface area contributed by atoms with Crippen LogP contribution in [0.1, 0.15) is 26.2 Å². The van der Waals surface area contributed by atoms with Crippen molar-refractivity contribution in [3.05, 3.63) is 0 Å². The van der Waals surface area contributed by atoms with Crippen LogP contribution in [-0.2, 0) is 9.47 Å². The summed E-state index contributed by atoms with van der Waals surface area (Å²) in [5, 5.41) is 0. The highest BCUT2D eigenvalue weighted by Crippen LogP contribution is 2.20. The Morgan fingerprint density at radius 3 is 3.00 bits per heavy atom. The molecule has 4 heteroatoms. The second-order valence-electron chi connectivity index (χ2n) is 4.85. The first-order valence-electron chi connectivity index (χ1n) is 6.50. The van der Waals surface area contributed by atoms with E-state index in [-0.39, 0.29) is 18.2 Å². The molecule has 0 bridgehead atoms. The Hall–Kier alpha value is -0.160. The first-order chi connectivity index (χ1) is 7.79. The molecule has 2 N–H and O–H groups in total. The minimum atomic E-state index is 0.237. The molecule has 0 radical (unpaired) electrons. The Balaban J connectivity index is 1.68. The summed E-state index contributed by atoms with van der Waals surface area (Å²) in [5.74, 6) is 0. The monoisotopic (exact) mass is 228 g/mol. The summed E-state index contributed by atoms with van der Waals surface area (Å²) in [5.41, 5.74) is 5.97. The molecule has 1 heterocycles. The van der Waals surface area contributed by atoms with Gasteiger partial charge in [0.2, 0.25) is 0 Å². The molecule has 0 aromatic heterocycles. The predicted octanol–water partition coefficient (Wildman–Crippen LogP) is 0.604. The zero-order valence-corrected chi connectivity index (χ0v) is 10.2. The van der Waals surface area contributed by atoms with Crippen molar-refractivity contribution in [1.29, 1.82) is 0 Å². The van der Waals surface area contributed by atoms with Crippen LogP contribution >= 0.6 is 0 Å². The fraction of sp³-hybridized carbons (Fsp3) is 1.00. The number of hydrogen-bond donors (Lipinski definition) is 1. The van der Waals surface area contributed by atoms with Crippen LogP contribution in [0, 0.1) is 0 Å². The van der Waals surface area contributed by atoms with Crippen LogP contribution in [0.5, 0.6) is 0 Å². The summed E-state index contributed by atoms with van der Waals surface area (Å²) in [6, 6.07) is 0.242. The highest BCUT2D eigenvalue weighted by Gasteiger charge is 2.27. The Kier molecular flexibility index (Phi) is 4.58. The maximum Gasteiger partial charge on any atom is 0.0935 e. The smallest absolute Gasteiger partial charge is 0.0935 e. The number of rotatable bonds is 4. The van der Waals surface area contributed by atoms with Crippen molar-refractivity contribution in [3.8, 4) is 0 Å². The van der Waals surface area contributed by atoms with E-state index in [1.54, 1.807) is 0 Å². The minimum absolute atomic E-state index is 0.237. The van der Waals surface area contributed by atoms with Crippen LogP contribution in [0.2, 0.25) is 0 Å². The van der Waals surface area contributed by atoms with Gasteiger partial charge in [0.05, 0.1) is 25.4 Å². The molecule has 3 atom stereocenters. The molecule has 1 aliphatic heterocycles. The Bertz CT molecular complexity index is 213. The molecule has 3 unspecified atom stereocenters. The molecule has 0 aromatic rings. The van der Waals surface area contributed by atoms with Crippen molar-refractivity contribution in [1.82, 2.24) is 4.90 Å². The van der Waals surface area contributed by atoms with Gasteiger partial charge in [-0.1, -0.05) is 6.92 Å². The third-order valence-corrected chi connectivity index (χ3v) is 3.67. The molecule has 2 rings (SSSR count). The summed E-state index contributed by atoms with van der Waals surface area (Å²) in [4.78, 5) is 2.41. The molecule has 1 saturated carbocycles. The van der Waals surface area contributed by atoms with Gasteiger partial charge in [-0.25, -0.2) is 0 Å². The molecule has 2 aliphatic rings. The summed E-state index contributed by atoms with van der Waals surface area (Å²) >= 11 is 0. The van der Waals surface area contributed by atoms with Gasteiger partial charge in [0.1, 0.15) is 0 Å². The van der Waals surface area contributed by atoms with Crippen LogP contribution in [-0.4, -0.2) is 56.0 Å². The van der Waals surface area contributed by atoms with Crippen LogP contribution in [0.4, 0.5) is 0 Å². The first kappa shape index (κ1) is 12.3. The van der Waals surface area contributed by atoms with Crippen molar-refractivity contribution < 1.29 is 9.47 Å². The number of nitrogens with two attached hydrogens (primary N) is 1. The molecular formula is C12H24N2O2. The quantitative estimate of drug-likeness (QED) is 0.765. The minimum Gasteiger partial charge on any atom is -0.374 e. The number of morpholine rings is 1. The average molecular weight is 228 g/mol. The topological polar surface area (TPSA) is 47.7 Å². The molecule has 0 amide bonds. The summed E-state index contributed by atoms with van der Waals surface area (Å²) in [6.45, 7) is 6.88. The molecule has 2 fully saturated rings. The van der Waals surface area contributed by atoms with Gasteiger partial charge in [0.25, 0.3) is 0 Å². The van der Waals surface area contributed by atoms with E-state index in [0.717, 1.165) is 39.1 Å². The molecule has 16 heavy (non-hydrogen) atoms. The Morgan fingerprint density at radius 2 is 2.31 bits per heavy atom. The van der Waals surface area contributed by atoms with Gasteiger partial charge < -0.3 is 15.2 Å². The Morgan fingerprint density at radius 1 is 1.44 bits per heavy atom. The zero-order chi connectivity index (χ0) is 11.4. The van der Waals surface area contributed by atoms with E-state index in [4.69, 9.17) is 15.2 Å². The van der Waals surface area contributed by atoms with E-state index in [1.807, 2.05) is 0 Å². The van der Waals surface area contributed by atoms with Gasteiger partial charge in [-0.2, -0.15) is 0 Å². The molecular weight excluding hydrogens is 204 g/mol. The van der Waals surface area contributed by atoms with Gasteiger partial charge in [-0.3, -0.25) is 4.90 Å². The lowest BCUT2D eigenvalue weighted by atomic mass is 10.2. The lowest BCUT2D eigenvalue weighted by Gasteiger charge is -2.32. The third kappa shape index (κ3) is 3.17. The van der Waals surface area contributed by atoms with Crippen LogP contribution in [0.3, 0.4) is 0 Å². The van der Waals surface area contributed by atoms with Crippen LogP contribution in [0.25, 0.3) is 0 Å². The first-order valence-corrected chi connectivity index (χ1v) is 6.50. The SMILES string of the molecule is CCN1CCOC(COC2CCCC2N)C1. The molecule has 0 spiro atoms. The zero-order valence-electron chi connectivity index (χ0n) is 10.2. The van der Waals surface area contributed by atoms with E-state index in [9.17, 15) is 0 Å². The molecule has 0 aromatic carbocycles. The normalized spacial score (nSPS) is 36.8. The fourth-order valence-electron chi connectivity index (χ4n) is 2.56. The van der Waals surface area contributed by atoms with E-state index in [0.29, 0.717) is 6.61 Å². The standard InChI is InChI=1S/C12H24N2O2/c1-2-14-6-7-15-10(8-14)9-16-12-5-3-4-11(12)13/h10-12H,2-9,13H2,1H3. The maximum atomic E-state index is 5.97. The summed E-state index contributed by atoms with van der Waals surface area (Å²) in [6.07, 6.45) is 3.93. The van der Waals surface area contributed by atoms with Gasteiger partial charge in [-0.15, -0.1) is 0 Å². The summed E-state index contributed by atoms with van der Waals surface area (Å²) in [7, 11) is 0. The molecule has 1 aliphatic carbocycles. The van der Waals surface area contributed by atoms with Crippen molar-refractivity contribution in [2.24, 2.45) is 5.73 Å². The largest absolute Gasteiger partial charge is 0.374 e. The van der Waals surface area contributed by atoms with E-state index >= 15 is 0 Å². The van der Waals surface area contributed by atoms with Gasteiger partial charge in [-0.05, 0) is 25.8 Å². The predicted molar refractivity (Wildman–Crippen MR) is 63.4 cm³/mol. The summed E-state index contributed by atoms with van der Waals surface area (Å²) < 4.78 is 11.6. The number of nitrogens with zero attached hydrogens (tertiary/aromatic N) is 1. The van der Waals surface area contributed by atoms with Gasteiger partial charge >= 0.3 is 0 Å². The second-order valence-corrected chi connectivity index (χ2v) is 4.85. The van der Waals surface area contributed by atoms with E-state index < -0.39 is 0 Å². The average Bonchev–Trinajstić information content (AvgIpc) is 2.72. The van der Waals surface area contributed by atoms with E-state index in [1.165, 1.54) is 6.42 Å². The van der Waals surface area contributed by atoms with Crippen molar-refractivity contribution >= 4 is 0 Å². The highest BCUT2D eigenvalue weighted by atomic mass is 16.5. The lowest BCUT2D eigenvalue weighted by molar-refractivity contribution is -0.0849. The maximum absolute atomic E-state index is 5.97. The molecule has 94 valence electrons. The fourth-order valence-corrected chi connectivity index (χ4v) is 2.56. The second kappa shape index (κ2) is 5.96. The highest BCUT2D eigenvalue weighted by molar-refractivity contribution is 4.81. The van der Waals surface area contributed by atoms with Crippen LogP contribution < -0.4 is 5.73 Å². The Labute approximate surface area is 98.1 Å². The van der Waals surface area contributed by atoms with Crippen molar-refractivity contribution in [2.75, 3.05) is 32.8 Å². The van der Waals surface area contributed by atoms with Crippen molar-refractivity contribution in [2.45, 2.75) is 44.4 Å².